The minimum atomic E-state index is -0.880. The summed E-state index contributed by atoms with van der Waals surface area (Å²) >= 11 is 12.5. The highest BCUT2D eigenvalue weighted by molar-refractivity contribution is 6.36. The number of hydrogen-bond donors (Lipinski definition) is 1. The molecule has 0 radical (unpaired) electrons. The van der Waals surface area contributed by atoms with Crippen LogP contribution >= 0.6 is 23.2 Å². The van der Waals surface area contributed by atoms with Gasteiger partial charge in [-0.3, -0.25) is 4.98 Å². The van der Waals surface area contributed by atoms with Crippen LogP contribution in [-0.2, 0) is 11.2 Å². The number of carbonyl (C=O) groups is 1. The predicted octanol–water partition coefficient (Wildman–Crippen LogP) is 4.58. The maximum atomic E-state index is 11.2. The number of fused-ring (bicyclic) bond motifs is 1. The molecular formula is C17H14Cl2N2O2. The van der Waals surface area contributed by atoms with Crippen molar-refractivity contribution in [2.75, 3.05) is 0 Å². The Labute approximate surface area is 143 Å². The Morgan fingerprint density at radius 3 is 2.61 bits per heavy atom. The van der Waals surface area contributed by atoms with Crippen LogP contribution in [0, 0.1) is 0 Å². The number of carboxylic acids is 1. The van der Waals surface area contributed by atoms with E-state index in [-0.39, 0.29) is 0 Å². The van der Waals surface area contributed by atoms with Gasteiger partial charge in [-0.05, 0) is 36.8 Å². The van der Waals surface area contributed by atoms with Crippen LogP contribution in [0.25, 0.3) is 10.9 Å². The van der Waals surface area contributed by atoms with Crippen molar-refractivity contribution >= 4 is 40.1 Å². The Bertz CT molecular complexity index is 869. The van der Waals surface area contributed by atoms with Crippen molar-refractivity contribution in [1.82, 2.24) is 9.55 Å². The summed E-state index contributed by atoms with van der Waals surface area (Å²) in [4.78, 5) is 15.7. The lowest BCUT2D eigenvalue weighted by atomic mass is 10.1. The summed E-state index contributed by atoms with van der Waals surface area (Å²) in [6, 6.07) is 8.43. The monoisotopic (exact) mass is 348 g/mol. The van der Waals surface area contributed by atoms with Crippen molar-refractivity contribution in [2.24, 2.45) is 0 Å². The normalized spacial score (nSPS) is 12.5. The molecule has 0 saturated heterocycles. The molecule has 0 amide bonds. The molecule has 0 bridgehead atoms. The molecule has 0 aliphatic rings. The van der Waals surface area contributed by atoms with E-state index in [4.69, 9.17) is 23.2 Å². The predicted molar refractivity (Wildman–Crippen MR) is 91.3 cm³/mol. The van der Waals surface area contributed by atoms with Gasteiger partial charge in [0.05, 0.1) is 11.2 Å². The third-order valence-corrected chi connectivity index (χ3v) is 4.62. The maximum absolute atomic E-state index is 11.2. The Kier molecular flexibility index (Phi) is 4.28. The quantitative estimate of drug-likeness (QED) is 0.750. The molecule has 0 fully saturated rings. The van der Waals surface area contributed by atoms with Gasteiger partial charge in [0.15, 0.2) is 0 Å². The Hall–Kier alpha value is -2.04. The average Bonchev–Trinajstić information content (AvgIpc) is 2.95. The third kappa shape index (κ3) is 2.92. The zero-order chi connectivity index (χ0) is 16.6. The van der Waals surface area contributed by atoms with Crippen LogP contribution in [0.1, 0.15) is 24.2 Å². The molecule has 6 heteroatoms. The van der Waals surface area contributed by atoms with Gasteiger partial charge in [-0.25, -0.2) is 4.79 Å². The summed E-state index contributed by atoms with van der Waals surface area (Å²) in [5.41, 5.74) is 2.46. The number of carboxylic acid groups (broad SMARTS) is 1. The Morgan fingerprint density at radius 1 is 1.26 bits per heavy atom. The van der Waals surface area contributed by atoms with Crippen molar-refractivity contribution in [1.29, 1.82) is 0 Å². The molecule has 3 rings (SSSR count). The summed E-state index contributed by atoms with van der Waals surface area (Å²) in [7, 11) is 0. The molecule has 4 nitrogen and oxygen atoms in total. The van der Waals surface area contributed by atoms with Crippen LogP contribution in [0.15, 0.2) is 42.7 Å². The topological polar surface area (TPSA) is 55.1 Å². The van der Waals surface area contributed by atoms with E-state index in [0.29, 0.717) is 16.5 Å². The van der Waals surface area contributed by atoms with Crippen LogP contribution in [0.3, 0.4) is 0 Å². The highest BCUT2D eigenvalue weighted by atomic mass is 35.5. The van der Waals surface area contributed by atoms with Gasteiger partial charge in [0.1, 0.15) is 6.04 Å². The van der Waals surface area contributed by atoms with Crippen LogP contribution in [0.4, 0.5) is 0 Å². The number of rotatable bonds is 4. The van der Waals surface area contributed by atoms with Crippen LogP contribution in [-0.4, -0.2) is 20.6 Å². The molecule has 0 aliphatic heterocycles. The molecule has 1 N–H and O–H groups in total. The van der Waals surface area contributed by atoms with Crippen molar-refractivity contribution < 1.29 is 9.90 Å². The van der Waals surface area contributed by atoms with Crippen molar-refractivity contribution in [3.05, 3.63) is 64.0 Å². The first kappa shape index (κ1) is 15.8. The van der Waals surface area contributed by atoms with Gasteiger partial charge in [-0.2, -0.15) is 0 Å². The summed E-state index contributed by atoms with van der Waals surface area (Å²) in [5, 5.41) is 11.3. The number of benzene rings is 1. The highest BCUT2D eigenvalue weighted by Gasteiger charge is 2.17. The number of aromatic nitrogens is 2. The second kappa shape index (κ2) is 6.22. The zero-order valence-electron chi connectivity index (χ0n) is 12.3. The van der Waals surface area contributed by atoms with Gasteiger partial charge >= 0.3 is 5.97 Å². The lowest BCUT2D eigenvalue weighted by Crippen LogP contribution is -2.14. The van der Waals surface area contributed by atoms with Crippen LogP contribution in [0.2, 0.25) is 10.0 Å². The van der Waals surface area contributed by atoms with Crippen molar-refractivity contribution in [3.8, 4) is 0 Å². The number of hydrogen-bond acceptors (Lipinski definition) is 2. The van der Waals surface area contributed by atoms with E-state index in [1.165, 1.54) is 0 Å². The summed E-state index contributed by atoms with van der Waals surface area (Å²) < 4.78 is 1.72. The van der Waals surface area contributed by atoms with E-state index in [0.717, 1.165) is 22.2 Å². The lowest BCUT2D eigenvalue weighted by Gasteiger charge is -2.11. The van der Waals surface area contributed by atoms with Gasteiger partial charge < -0.3 is 9.67 Å². The molecular weight excluding hydrogens is 335 g/mol. The van der Waals surface area contributed by atoms with Gasteiger partial charge in [-0.15, -0.1) is 0 Å². The molecule has 0 aliphatic carbocycles. The van der Waals surface area contributed by atoms with Gasteiger partial charge in [0, 0.05) is 34.2 Å². The van der Waals surface area contributed by atoms with Crippen molar-refractivity contribution in [3.63, 3.8) is 0 Å². The average molecular weight is 349 g/mol. The molecule has 2 aromatic heterocycles. The minimum absolute atomic E-state index is 0.487. The standard InChI is InChI=1S/C17H14Cl2N2O2/c1-10(17(22)23)21-8-6-11-15(20-7-5-16(11)21)9-12-13(18)3-2-4-14(12)19/h2-8,10H,9H2,1H3,(H,22,23). The molecule has 0 spiro atoms. The molecule has 0 saturated carbocycles. The molecule has 2 heterocycles. The van der Waals surface area contributed by atoms with E-state index in [2.05, 4.69) is 4.98 Å². The second-order valence-corrected chi connectivity index (χ2v) is 6.12. The summed E-state index contributed by atoms with van der Waals surface area (Å²) in [6.45, 7) is 1.65. The fraction of sp³-hybridized carbons (Fsp3) is 0.176. The number of halogens is 2. The second-order valence-electron chi connectivity index (χ2n) is 5.30. The molecule has 23 heavy (non-hydrogen) atoms. The Morgan fingerprint density at radius 2 is 1.96 bits per heavy atom. The van der Waals surface area contributed by atoms with Gasteiger partial charge in [-0.1, -0.05) is 29.3 Å². The first-order valence-corrected chi connectivity index (χ1v) is 7.84. The molecule has 1 unspecified atom stereocenters. The van der Waals surface area contributed by atoms with Crippen molar-refractivity contribution in [2.45, 2.75) is 19.4 Å². The third-order valence-electron chi connectivity index (χ3n) is 3.91. The van der Waals surface area contributed by atoms with Crippen LogP contribution in [0.5, 0.6) is 0 Å². The zero-order valence-corrected chi connectivity index (χ0v) is 13.8. The number of pyridine rings is 1. The fourth-order valence-corrected chi connectivity index (χ4v) is 3.14. The maximum Gasteiger partial charge on any atom is 0.326 e. The van der Waals surface area contributed by atoms with E-state index in [1.54, 1.807) is 42.1 Å². The largest absolute Gasteiger partial charge is 0.480 e. The number of nitrogens with zero attached hydrogens (tertiary/aromatic N) is 2. The number of aliphatic carboxylic acids is 1. The molecule has 1 aromatic carbocycles. The van der Waals surface area contributed by atoms with Gasteiger partial charge in [0.2, 0.25) is 0 Å². The minimum Gasteiger partial charge on any atom is -0.480 e. The van der Waals surface area contributed by atoms with Crippen LogP contribution < -0.4 is 0 Å². The molecule has 118 valence electrons. The first-order chi connectivity index (χ1) is 11.0. The van der Waals surface area contributed by atoms with Gasteiger partial charge in [0.25, 0.3) is 0 Å². The highest BCUT2D eigenvalue weighted by Crippen LogP contribution is 2.29. The summed E-state index contributed by atoms with van der Waals surface area (Å²) in [6.07, 6.45) is 3.93. The van der Waals surface area contributed by atoms with E-state index < -0.39 is 12.0 Å². The van der Waals surface area contributed by atoms with E-state index in [1.807, 2.05) is 12.1 Å². The Balaban J connectivity index is 2.08. The fourth-order valence-electron chi connectivity index (χ4n) is 2.61. The van der Waals surface area contributed by atoms with E-state index >= 15 is 0 Å². The molecule has 1 atom stereocenters. The smallest absolute Gasteiger partial charge is 0.326 e. The first-order valence-electron chi connectivity index (χ1n) is 7.09. The van der Waals surface area contributed by atoms with E-state index in [9.17, 15) is 9.90 Å². The SMILES string of the molecule is CC(C(=O)O)n1ccc2c(Cc3c(Cl)cccc3Cl)nccc21. The lowest BCUT2D eigenvalue weighted by molar-refractivity contribution is -0.140. The molecule has 3 aromatic rings. The summed E-state index contributed by atoms with van der Waals surface area (Å²) in [5.74, 6) is -0.880.